The van der Waals surface area contributed by atoms with Gasteiger partial charge in [-0.05, 0) is 57.2 Å². The van der Waals surface area contributed by atoms with Crippen molar-refractivity contribution in [2.45, 2.75) is 56.0 Å². The number of nitrogens with one attached hydrogen (secondary N) is 1. The molecule has 0 amide bonds. The van der Waals surface area contributed by atoms with Crippen LogP contribution in [0.3, 0.4) is 0 Å². The van der Waals surface area contributed by atoms with E-state index in [0.717, 1.165) is 42.6 Å². The minimum atomic E-state index is -3.51. The number of nitrogens with zero attached hydrogens (tertiary/aromatic N) is 2. The molecule has 26 heavy (non-hydrogen) atoms. The number of hydrogen-bond donors (Lipinski definition) is 1. The summed E-state index contributed by atoms with van der Waals surface area (Å²) in [7, 11) is -3.51. The highest BCUT2D eigenvalue weighted by molar-refractivity contribution is 7.89. The molecule has 0 bridgehead atoms. The molecule has 2 aromatic rings. The second-order valence-corrected chi connectivity index (χ2v) is 9.19. The predicted octanol–water partition coefficient (Wildman–Crippen LogP) is 3.88. The lowest BCUT2D eigenvalue weighted by molar-refractivity contribution is 0.395. The van der Waals surface area contributed by atoms with Crippen LogP contribution in [-0.4, -0.2) is 30.3 Å². The predicted molar refractivity (Wildman–Crippen MR) is 103 cm³/mol. The second kappa shape index (κ2) is 7.00. The lowest BCUT2D eigenvalue weighted by Gasteiger charge is -2.30. The van der Waals surface area contributed by atoms with Crippen LogP contribution in [0, 0.1) is 6.92 Å². The van der Waals surface area contributed by atoms with Crippen LogP contribution < -0.4 is 5.32 Å². The van der Waals surface area contributed by atoms with Crippen molar-refractivity contribution in [1.29, 1.82) is 0 Å². The summed E-state index contributed by atoms with van der Waals surface area (Å²) in [6.07, 6.45) is 7.04. The highest BCUT2D eigenvalue weighted by atomic mass is 32.2. The Balaban J connectivity index is 1.65. The Hall–Kier alpha value is -1.92. The van der Waals surface area contributed by atoms with Gasteiger partial charge < -0.3 is 5.32 Å². The first-order valence-electron chi connectivity index (χ1n) is 9.36. The van der Waals surface area contributed by atoms with Crippen LogP contribution in [0.4, 0.5) is 5.82 Å². The third-order valence-electron chi connectivity index (χ3n) is 5.48. The Morgan fingerprint density at radius 2 is 1.85 bits per heavy atom. The van der Waals surface area contributed by atoms with Crippen LogP contribution in [0.1, 0.15) is 49.3 Å². The standard InChI is InChI=1S/C20H25N3O2S/c1-15-9-11-17(12-10-15)26(24,25)23-14-4-8-19(23)18-7-3-13-21-20(18)22-16-5-2-6-16/h3,7,9-13,16,19H,2,4-6,8,14H2,1H3,(H,21,22)/t19-/m1/s1. The lowest BCUT2D eigenvalue weighted by atomic mass is 9.93. The van der Waals surface area contributed by atoms with E-state index >= 15 is 0 Å². The van der Waals surface area contributed by atoms with Gasteiger partial charge >= 0.3 is 0 Å². The first-order chi connectivity index (χ1) is 12.6. The molecule has 2 fully saturated rings. The Kier molecular flexibility index (Phi) is 4.71. The van der Waals surface area contributed by atoms with E-state index in [0.29, 0.717) is 17.5 Å². The molecule has 2 aliphatic rings. The topological polar surface area (TPSA) is 62.3 Å². The van der Waals surface area contributed by atoms with Gasteiger partial charge in [-0.3, -0.25) is 0 Å². The number of pyridine rings is 1. The minimum Gasteiger partial charge on any atom is -0.367 e. The molecule has 0 radical (unpaired) electrons. The lowest BCUT2D eigenvalue weighted by Crippen LogP contribution is -2.32. The summed E-state index contributed by atoms with van der Waals surface area (Å²) >= 11 is 0. The first kappa shape index (κ1) is 17.5. The number of aryl methyl sites for hydroxylation is 1. The molecule has 0 unspecified atom stereocenters. The first-order valence-corrected chi connectivity index (χ1v) is 10.8. The summed E-state index contributed by atoms with van der Waals surface area (Å²) < 4.78 is 28.1. The Morgan fingerprint density at radius 3 is 2.54 bits per heavy atom. The molecule has 1 aliphatic carbocycles. The summed E-state index contributed by atoms with van der Waals surface area (Å²) in [5, 5.41) is 3.51. The van der Waals surface area contributed by atoms with E-state index in [-0.39, 0.29) is 6.04 Å². The molecule has 1 N–H and O–H groups in total. The largest absolute Gasteiger partial charge is 0.367 e. The number of rotatable bonds is 5. The average Bonchev–Trinajstić information content (AvgIpc) is 3.09. The number of aromatic nitrogens is 1. The number of sulfonamides is 1. The molecule has 1 saturated heterocycles. The molecule has 138 valence electrons. The van der Waals surface area contributed by atoms with Crippen LogP contribution >= 0.6 is 0 Å². The molecule has 0 spiro atoms. The van der Waals surface area contributed by atoms with Gasteiger partial charge in [0, 0.05) is 24.3 Å². The molecule has 1 saturated carbocycles. The number of benzene rings is 1. The molecule has 1 atom stereocenters. The molecular formula is C20H25N3O2S. The Bertz CT molecular complexity index is 876. The molecule has 5 nitrogen and oxygen atoms in total. The van der Waals surface area contributed by atoms with Crippen LogP contribution in [0.2, 0.25) is 0 Å². The smallest absolute Gasteiger partial charge is 0.243 e. The summed E-state index contributed by atoms with van der Waals surface area (Å²) in [4.78, 5) is 4.88. The maximum Gasteiger partial charge on any atom is 0.243 e. The minimum absolute atomic E-state index is 0.155. The molecule has 1 aliphatic heterocycles. The molecule has 4 rings (SSSR count). The zero-order valence-corrected chi connectivity index (χ0v) is 15.9. The zero-order valence-electron chi connectivity index (χ0n) is 15.1. The fraction of sp³-hybridized carbons (Fsp3) is 0.450. The van der Waals surface area contributed by atoms with E-state index in [2.05, 4.69) is 10.3 Å². The van der Waals surface area contributed by atoms with Crippen molar-refractivity contribution in [1.82, 2.24) is 9.29 Å². The maximum absolute atomic E-state index is 13.2. The molecule has 2 heterocycles. The van der Waals surface area contributed by atoms with Gasteiger partial charge in [0.1, 0.15) is 5.82 Å². The van der Waals surface area contributed by atoms with Gasteiger partial charge in [0.2, 0.25) is 10.0 Å². The highest BCUT2D eigenvalue weighted by Crippen LogP contribution is 2.39. The van der Waals surface area contributed by atoms with Gasteiger partial charge in [-0.2, -0.15) is 4.31 Å². The molecule has 1 aromatic heterocycles. The van der Waals surface area contributed by atoms with E-state index in [1.165, 1.54) is 6.42 Å². The van der Waals surface area contributed by atoms with E-state index in [4.69, 9.17) is 0 Å². The van der Waals surface area contributed by atoms with Crippen molar-refractivity contribution in [3.8, 4) is 0 Å². The van der Waals surface area contributed by atoms with E-state index in [9.17, 15) is 8.42 Å². The Morgan fingerprint density at radius 1 is 1.08 bits per heavy atom. The fourth-order valence-electron chi connectivity index (χ4n) is 3.74. The zero-order chi connectivity index (χ0) is 18.1. The SMILES string of the molecule is Cc1ccc(S(=O)(=O)N2CCC[C@@H]2c2cccnc2NC2CCC2)cc1. The van der Waals surface area contributed by atoms with Gasteiger partial charge in [0.05, 0.1) is 10.9 Å². The van der Waals surface area contributed by atoms with Crippen LogP contribution in [-0.2, 0) is 10.0 Å². The van der Waals surface area contributed by atoms with Gasteiger partial charge in [0.25, 0.3) is 0 Å². The maximum atomic E-state index is 13.2. The van der Waals surface area contributed by atoms with Crippen LogP contribution in [0.5, 0.6) is 0 Å². The van der Waals surface area contributed by atoms with Crippen molar-refractivity contribution in [3.63, 3.8) is 0 Å². The van der Waals surface area contributed by atoms with Crippen molar-refractivity contribution in [2.75, 3.05) is 11.9 Å². The average molecular weight is 372 g/mol. The van der Waals surface area contributed by atoms with Crippen molar-refractivity contribution in [3.05, 3.63) is 53.7 Å². The summed E-state index contributed by atoms with van der Waals surface area (Å²) in [5.74, 6) is 0.841. The normalized spacial score (nSPS) is 21.5. The van der Waals surface area contributed by atoms with Gasteiger partial charge in [-0.1, -0.05) is 23.8 Å². The van der Waals surface area contributed by atoms with Crippen molar-refractivity contribution < 1.29 is 8.42 Å². The fourth-order valence-corrected chi connectivity index (χ4v) is 5.41. The van der Waals surface area contributed by atoms with E-state index < -0.39 is 10.0 Å². The third-order valence-corrected chi connectivity index (χ3v) is 7.40. The van der Waals surface area contributed by atoms with Crippen molar-refractivity contribution >= 4 is 15.8 Å². The molecule has 1 aromatic carbocycles. The summed E-state index contributed by atoms with van der Waals surface area (Å²) in [6.45, 7) is 2.52. The highest BCUT2D eigenvalue weighted by Gasteiger charge is 2.37. The summed E-state index contributed by atoms with van der Waals surface area (Å²) in [6, 6.07) is 11.3. The molecule has 6 heteroatoms. The molecular weight excluding hydrogens is 346 g/mol. The van der Waals surface area contributed by atoms with Crippen LogP contribution in [0.15, 0.2) is 47.5 Å². The van der Waals surface area contributed by atoms with Crippen LogP contribution in [0.25, 0.3) is 0 Å². The van der Waals surface area contributed by atoms with Gasteiger partial charge in [-0.25, -0.2) is 13.4 Å². The second-order valence-electron chi connectivity index (χ2n) is 7.30. The monoisotopic (exact) mass is 371 g/mol. The van der Waals surface area contributed by atoms with E-state index in [1.807, 2.05) is 31.2 Å². The number of anilines is 1. The van der Waals surface area contributed by atoms with Gasteiger partial charge in [0.15, 0.2) is 0 Å². The summed E-state index contributed by atoms with van der Waals surface area (Å²) in [5.41, 5.74) is 2.05. The number of hydrogen-bond acceptors (Lipinski definition) is 4. The third kappa shape index (κ3) is 3.23. The van der Waals surface area contributed by atoms with Crippen molar-refractivity contribution in [2.24, 2.45) is 0 Å². The quantitative estimate of drug-likeness (QED) is 0.866. The van der Waals surface area contributed by atoms with Gasteiger partial charge in [-0.15, -0.1) is 0 Å². The van der Waals surface area contributed by atoms with E-state index in [1.54, 1.807) is 22.6 Å². The Labute approximate surface area is 155 Å².